The minimum Gasteiger partial charge on any atom is -0.394 e. The zero-order valence-corrected chi connectivity index (χ0v) is 8.41. The van der Waals surface area contributed by atoms with Crippen LogP contribution in [-0.2, 0) is 9.47 Å². The van der Waals surface area contributed by atoms with Crippen molar-refractivity contribution in [2.45, 2.75) is 18.8 Å². The molecule has 0 amide bonds. The standard InChI is InChI=1S/C8H19NO4/c1-8(5-10,6-11)9-4-7(12-2)13-3/h7,9-11H,4-6H2,1-3H3. The fraction of sp³-hybridized carbons (Fsp3) is 1.00. The SMILES string of the molecule is COC(CNC(C)(CO)CO)OC. The predicted octanol–water partition coefficient (Wildman–Crippen LogP) is -1.06. The molecule has 0 aliphatic heterocycles. The van der Waals surface area contributed by atoms with Crippen molar-refractivity contribution in [2.24, 2.45) is 0 Å². The fourth-order valence-electron chi connectivity index (χ4n) is 0.754. The minimum atomic E-state index is -0.685. The van der Waals surface area contributed by atoms with Crippen LogP contribution < -0.4 is 5.32 Å². The van der Waals surface area contributed by atoms with Gasteiger partial charge in [0.25, 0.3) is 0 Å². The van der Waals surface area contributed by atoms with Crippen LogP contribution in [0.25, 0.3) is 0 Å². The van der Waals surface area contributed by atoms with Crippen LogP contribution in [0.4, 0.5) is 0 Å². The lowest BCUT2D eigenvalue weighted by atomic mass is 10.1. The lowest BCUT2D eigenvalue weighted by Crippen LogP contribution is -2.51. The smallest absolute Gasteiger partial charge is 0.169 e. The average Bonchev–Trinajstić information content (AvgIpc) is 2.19. The number of aliphatic hydroxyl groups excluding tert-OH is 2. The van der Waals surface area contributed by atoms with E-state index in [1.165, 1.54) is 14.2 Å². The van der Waals surface area contributed by atoms with E-state index in [9.17, 15) is 0 Å². The number of ether oxygens (including phenoxy) is 2. The number of aliphatic hydroxyl groups is 2. The highest BCUT2D eigenvalue weighted by atomic mass is 16.7. The summed E-state index contributed by atoms with van der Waals surface area (Å²) < 4.78 is 9.87. The van der Waals surface area contributed by atoms with Crippen LogP contribution in [0.2, 0.25) is 0 Å². The van der Waals surface area contributed by atoms with Gasteiger partial charge in [0.1, 0.15) is 0 Å². The van der Waals surface area contributed by atoms with Crippen LogP contribution in [-0.4, -0.2) is 56.0 Å². The van der Waals surface area contributed by atoms with Crippen LogP contribution in [0, 0.1) is 0 Å². The molecule has 0 unspecified atom stereocenters. The Morgan fingerprint density at radius 3 is 2.00 bits per heavy atom. The van der Waals surface area contributed by atoms with Gasteiger partial charge in [-0.05, 0) is 6.92 Å². The summed E-state index contributed by atoms with van der Waals surface area (Å²) in [5, 5.41) is 20.8. The van der Waals surface area contributed by atoms with Crippen molar-refractivity contribution >= 4 is 0 Å². The topological polar surface area (TPSA) is 71.0 Å². The Hall–Kier alpha value is -0.200. The first-order valence-electron chi connectivity index (χ1n) is 4.14. The molecule has 0 aromatic carbocycles. The molecule has 0 aromatic rings. The maximum Gasteiger partial charge on any atom is 0.169 e. The van der Waals surface area contributed by atoms with Gasteiger partial charge in [0.05, 0.1) is 18.8 Å². The summed E-state index contributed by atoms with van der Waals surface area (Å²) >= 11 is 0. The van der Waals surface area contributed by atoms with Crippen LogP contribution in [0.1, 0.15) is 6.92 Å². The summed E-state index contributed by atoms with van der Waals surface area (Å²) in [5.41, 5.74) is -0.685. The van der Waals surface area contributed by atoms with Crippen LogP contribution in [0.5, 0.6) is 0 Å². The van der Waals surface area contributed by atoms with E-state index in [2.05, 4.69) is 5.32 Å². The van der Waals surface area contributed by atoms with Crippen LogP contribution in [0.15, 0.2) is 0 Å². The van der Waals surface area contributed by atoms with E-state index >= 15 is 0 Å². The zero-order chi connectivity index (χ0) is 10.3. The van der Waals surface area contributed by atoms with Crippen molar-refractivity contribution in [3.05, 3.63) is 0 Å². The van der Waals surface area contributed by atoms with E-state index in [-0.39, 0.29) is 19.5 Å². The second kappa shape index (κ2) is 6.28. The minimum absolute atomic E-state index is 0.135. The molecule has 0 radical (unpaired) electrons. The highest BCUT2D eigenvalue weighted by molar-refractivity contribution is 4.81. The first-order valence-corrected chi connectivity index (χ1v) is 4.14. The second-order valence-electron chi connectivity index (χ2n) is 3.16. The molecular formula is C8H19NO4. The Balaban J connectivity index is 3.83. The molecule has 0 bridgehead atoms. The fourth-order valence-corrected chi connectivity index (χ4v) is 0.754. The number of methoxy groups -OCH3 is 2. The van der Waals surface area contributed by atoms with Gasteiger partial charge in [-0.2, -0.15) is 0 Å². The molecule has 5 nitrogen and oxygen atoms in total. The third-order valence-electron chi connectivity index (χ3n) is 1.92. The van der Waals surface area contributed by atoms with E-state index in [0.29, 0.717) is 6.54 Å². The molecule has 0 atom stereocenters. The Labute approximate surface area is 78.7 Å². The van der Waals surface area contributed by atoms with Crippen LogP contribution in [0.3, 0.4) is 0 Å². The molecule has 0 spiro atoms. The molecule has 5 heteroatoms. The second-order valence-corrected chi connectivity index (χ2v) is 3.16. The molecular weight excluding hydrogens is 174 g/mol. The molecule has 0 aromatic heterocycles. The zero-order valence-electron chi connectivity index (χ0n) is 8.41. The predicted molar refractivity (Wildman–Crippen MR) is 48.4 cm³/mol. The lowest BCUT2D eigenvalue weighted by molar-refractivity contribution is -0.104. The Bertz CT molecular complexity index is 123. The third kappa shape index (κ3) is 4.54. The quantitative estimate of drug-likeness (QED) is 0.449. The van der Waals surface area contributed by atoms with Gasteiger partial charge in [-0.1, -0.05) is 0 Å². The molecule has 0 aliphatic rings. The molecule has 0 saturated carbocycles. The van der Waals surface area contributed by atoms with Gasteiger partial charge in [-0.25, -0.2) is 0 Å². The molecule has 0 fully saturated rings. The van der Waals surface area contributed by atoms with Crippen molar-refractivity contribution in [1.82, 2.24) is 5.32 Å². The number of hydrogen-bond acceptors (Lipinski definition) is 5. The van der Waals surface area contributed by atoms with Gasteiger partial charge < -0.3 is 25.0 Å². The molecule has 80 valence electrons. The highest BCUT2D eigenvalue weighted by Gasteiger charge is 2.22. The maximum atomic E-state index is 8.94. The van der Waals surface area contributed by atoms with E-state index in [1.807, 2.05) is 0 Å². The van der Waals surface area contributed by atoms with Gasteiger partial charge >= 0.3 is 0 Å². The van der Waals surface area contributed by atoms with Crippen molar-refractivity contribution in [3.8, 4) is 0 Å². The van der Waals surface area contributed by atoms with Gasteiger partial charge in [0, 0.05) is 20.8 Å². The summed E-state index contributed by atoms with van der Waals surface area (Å²) in [6, 6.07) is 0. The average molecular weight is 193 g/mol. The molecule has 0 aliphatic carbocycles. The molecule has 3 N–H and O–H groups in total. The first kappa shape index (κ1) is 12.8. The summed E-state index contributed by atoms with van der Waals surface area (Å²) in [7, 11) is 3.07. The third-order valence-corrected chi connectivity index (χ3v) is 1.92. The Kier molecular flexibility index (Phi) is 6.19. The van der Waals surface area contributed by atoms with Crippen molar-refractivity contribution in [1.29, 1.82) is 0 Å². The highest BCUT2D eigenvalue weighted by Crippen LogP contribution is 2.01. The number of nitrogens with one attached hydrogen (secondary N) is 1. The van der Waals surface area contributed by atoms with Gasteiger partial charge in [0.2, 0.25) is 0 Å². The van der Waals surface area contributed by atoms with Gasteiger partial charge in [-0.3, -0.25) is 0 Å². The normalized spacial score (nSPS) is 12.5. The summed E-state index contributed by atoms with van der Waals surface area (Å²) in [6.07, 6.45) is -0.363. The molecule has 13 heavy (non-hydrogen) atoms. The Morgan fingerprint density at radius 2 is 1.69 bits per heavy atom. The summed E-state index contributed by atoms with van der Waals surface area (Å²) in [5.74, 6) is 0. The summed E-state index contributed by atoms with van der Waals surface area (Å²) in [4.78, 5) is 0. The van der Waals surface area contributed by atoms with Gasteiger partial charge in [-0.15, -0.1) is 0 Å². The Morgan fingerprint density at radius 1 is 1.23 bits per heavy atom. The van der Waals surface area contributed by atoms with E-state index < -0.39 is 5.54 Å². The van der Waals surface area contributed by atoms with E-state index in [4.69, 9.17) is 19.7 Å². The van der Waals surface area contributed by atoms with E-state index in [1.54, 1.807) is 6.92 Å². The van der Waals surface area contributed by atoms with Gasteiger partial charge in [0.15, 0.2) is 6.29 Å². The lowest BCUT2D eigenvalue weighted by Gasteiger charge is -2.28. The molecule has 0 rings (SSSR count). The van der Waals surface area contributed by atoms with E-state index in [0.717, 1.165) is 0 Å². The van der Waals surface area contributed by atoms with Crippen molar-refractivity contribution < 1.29 is 19.7 Å². The maximum absolute atomic E-state index is 8.94. The van der Waals surface area contributed by atoms with Crippen molar-refractivity contribution in [2.75, 3.05) is 34.0 Å². The number of hydrogen-bond donors (Lipinski definition) is 3. The number of rotatable bonds is 7. The first-order chi connectivity index (χ1) is 6.11. The van der Waals surface area contributed by atoms with Crippen LogP contribution >= 0.6 is 0 Å². The molecule has 0 saturated heterocycles. The monoisotopic (exact) mass is 193 g/mol. The van der Waals surface area contributed by atoms with Crippen molar-refractivity contribution in [3.63, 3.8) is 0 Å². The summed E-state index contributed by atoms with van der Waals surface area (Å²) in [6.45, 7) is 1.87. The molecule has 0 heterocycles. The largest absolute Gasteiger partial charge is 0.394 e.